The van der Waals surface area contributed by atoms with Crippen LogP contribution < -0.4 is 5.32 Å². The molecule has 0 bridgehead atoms. The second kappa shape index (κ2) is 7.66. The van der Waals surface area contributed by atoms with Crippen molar-refractivity contribution in [3.05, 3.63) is 0 Å². The Kier molecular flexibility index (Phi) is 7.64. The quantitative estimate of drug-likeness (QED) is 0.810. The SMILES string of the molecule is CNCC1CCCN1S(=O)(=O)CCCC(F)(F)F.Cl. The van der Waals surface area contributed by atoms with E-state index in [4.69, 9.17) is 0 Å². The van der Waals surface area contributed by atoms with Gasteiger partial charge in [-0.25, -0.2) is 8.42 Å². The van der Waals surface area contributed by atoms with Gasteiger partial charge in [0.05, 0.1) is 5.75 Å². The van der Waals surface area contributed by atoms with E-state index in [1.54, 1.807) is 7.05 Å². The summed E-state index contributed by atoms with van der Waals surface area (Å²) in [5.74, 6) is -0.424. The molecular weight excluding hydrogens is 305 g/mol. The summed E-state index contributed by atoms with van der Waals surface area (Å²) in [7, 11) is -1.83. The van der Waals surface area contributed by atoms with Crippen LogP contribution in [0.25, 0.3) is 0 Å². The van der Waals surface area contributed by atoms with Gasteiger partial charge in [0.1, 0.15) is 0 Å². The van der Waals surface area contributed by atoms with E-state index in [0.717, 1.165) is 12.8 Å². The van der Waals surface area contributed by atoms with Crippen LogP contribution in [-0.2, 0) is 10.0 Å². The van der Waals surface area contributed by atoms with Crippen LogP contribution in [-0.4, -0.2) is 50.8 Å². The lowest BCUT2D eigenvalue weighted by molar-refractivity contribution is -0.134. The molecule has 0 aromatic carbocycles. The predicted octanol–water partition coefficient (Wildman–Crippen LogP) is 1.76. The Morgan fingerprint density at radius 3 is 2.53 bits per heavy atom. The van der Waals surface area contributed by atoms with Gasteiger partial charge in [0.25, 0.3) is 0 Å². The van der Waals surface area contributed by atoms with E-state index in [9.17, 15) is 21.6 Å². The van der Waals surface area contributed by atoms with E-state index in [1.165, 1.54) is 4.31 Å². The molecule has 1 aliphatic heterocycles. The first-order chi connectivity index (χ1) is 8.26. The van der Waals surface area contributed by atoms with Gasteiger partial charge < -0.3 is 5.32 Å². The highest BCUT2D eigenvalue weighted by atomic mass is 35.5. The minimum Gasteiger partial charge on any atom is -0.318 e. The molecule has 0 aromatic rings. The van der Waals surface area contributed by atoms with Crippen LogP contribution in [0.4, 0.5) is 13.2 Å². The predicted molar refractivity (Wildman–Crippen MR) is 70.0 cm³/mol. The Bertz CT molecular complexity index is 362. The maximum atomic E-state index is 12.0. The van der Waals surface area contributed by atoms with Crippen molar-refractivity contribution in [1.82, 2.24) is 9.62 Å². The molecule has 1 saturated heterocycles. The third kappa shape index (κ3) is 6.29. The Morgan fingerprint density at radius 1 is 1.37 bits per heavy atom. The van der Waals surface area contributed by atoms with E-state index in [2.05, 4.69) is 5.32 Å². The van der Waals surface area contributed by atoms with Crippen LogP contribution in [0.1, 0.15) is 25.7 Å². The summed E-state index contributed by atoms with van der Waals surface area (Å²) in [5.41, 5.74) is 0. The van der Waals surface area contributed by atoms with Gasteiger partial charge in [-0.05, 0) is 26.3 Å². The number of likely N-dealkylation sites (N-methyl/N-ethyl adjacent to an activating group) is 1. The topological polar surface area (TPSA) is 49.4 Å². The molecule has 1 fully saturated rings. The maximum Gasteiger partial charge on any atom is 0.389 e. The van der Waals surface area contributed by atoms with Gasteiger partial charge in [0, 0.05) is 25.6 Å². The molecule has 0 amide bonds. The zero-order chi connectivity index (χ0) is 13.8. The molecule has 1 rings (SSSR count). The monoisotopic (exact) mass is 324 g/mol. The van der Waals surface area contributed by atoms with E-state index >= 15 is 0 Å². The first-order valence-corrected chi connectivity index (χ1v) is 7.58. The summed E-state index contributed by atoms with van der Waals surface area (Å²) in [6.45, 7) is 0.958. The molecule has 0 aliphatic carbocycles. The molecule has 1 atom stereocenters. The highest BCUT2D eigenvalue weighted by molar-refractivity contribution is 7.89. The lowest BCUT2D eigenvalue weighted by Gasteiger charge is -2.23. The first-order valence-electron chi connectivity index (χ1n) is 5.97. The molecular formula is C10H20ClF3N2O2S. The molecule has 19 heavy (non-hydrogen) atoms. The Hall–Kier alpha value is -0.0500. The van der Waals surface area contributed by atoms with Crippen molar-refractivity contribution in [2.24, 2.45) is 0 Å². The number of hydrogen-bond acceptors (Lipinski definition) is 3. The van der Waals surface area contributed by atoms with E-state index in [1.807, 2.05) is 0 Å². The highest BCUT2D eigenvalue weighted by Gasteiger charge is 2.34. The number of hydrogen-bond donors (Lipinski definition) is 1. The number of sulfonamides is 1. The minimum absolute atomic E-state index is 0. The Morgan fingerprint density at radius 2 is 2.00 bits per heavy atom. The maximum absolute atomic E-state index is 12.0. The van der Waals surface area contributed by atoms with Gasteiger partial charge in [0.2, 0.25) is 10.0 Å². The summed E-state index contributed by atoms with van der Waals surface area (Å²) < 4.78 is 61.2. The smallest absolute Gasteiger partial charge is 0.318 e. The van der Waals surface area contributed by atoms with Crippen LogP contribution in [0, 0.1) is 0 Å². The molecule has 1 heterocycles. The summed E-state index contributed by atoms with van der Waals surface area (Å²) >= 11 is 0. The van der Waals surface area contributed by atoms with E-state index in [-0.39, 0.29) is 24.9 Å². The average Bonchev–Trinajstić information content (AvgIpc) is 2.64. The molecule has 9 heteroatoms. The zero-order valence-corrected chi connectivity index (χ0v) is 12.4. The van der Waals surface area contributed by atoms with Gasteiger partial charge >= 0.3 is 6.18 Å². The molecule has 4 nitrogen and oxygen atoms in total. The van der Waals surface area contributed by atoms with Crippen molar-refractivity contribution >= 4 is 22.4 Å². The van der Waals surface area contributed by atoms with Crippen molar-refractivity contribution in [1.29, 1.82) is 0 Å². The van der Waals surface area contributed by atoms with Crippen molar-refractivity contribution in [3.8, 4) is 0 Å². The van der Waals surface area contributed by atoms with Crippen molar-refractivity contribution in [2.45, 2.75) is 37.9 Å². The molecule has 0 aromatic heterocycles. The Labute approximate surface area is 118 Å². The summed E-state index contributed by atoms with van der Waals surface area (Å²) in [6, 6.07) is -0.120. The number of alkyl halides is 3. The van der Waals surface area contributed by atoms with Crippen molar-refractivity contribution < 1.29 is 21.6 Å². The summed E-state index contributed by atoms with van der Waals surface area (Å²) in [4.78, 5) is 0. The van der Waals surface area contributed by atoms with E-state index < -0.39 is 28.4 Å². The molecule has 1 N–H and O–H groups in total. The van der Waals surface area contributed by atoms with Gasteiger partial charge in [-0.1, -0.05) is 0 Å². The van der Waals surface area contributed by atoms with E-state index in [0.29, 0.717) is 13.1 Å². The van der Waals surface area contributed by atoms with Crippen LogP contribution in [0.3, 0.4) is 0 Å². The van der Waals surface area contributed by atoms with Gasteiger partial charge in [-0.15, -0.1) is 12.4 Å². The third-order valence-electron chi connectivity index (χ3n) is 2.98. The summed E-state index contributed by atoms with van der Waals surface area (Å²) in [6.07, 6.45) is -4.17. The number of nitrogens with one attached hydrogen (secondary N) is 1. The molecule has 0 radical (unpaired) electrons. The molecule has 0 saturated carbocycles. The standard InChI is InChI=1S/C10H19F3N2O2S.ClH/c1-14-8-9-4-2-6-15(9)18(16,17)7-3-5-10(11,12)13;/h9,14H,2-8H2,1H3;1H. The fourth-order valence-corrected chi connectivity index (χ4v) is 3.97. The zero-order valence-electron chi connectivity index (χ0n) is 10.7. The molecule has 1 unspecified atom stereocenters. The molecule has 116 valence electrons. The van der Waals surface area contributed by atoms with Gasteiger partial charge in [-0.2, -0.15) is 17.5 Å². The fourth-order valence-electron chi connectivity index (χ4n) is 2.19. The average molecular weight is 325 g/mol. The van der Waals surface area contributed by atoms with Gasteiger partial charge in [-0.3, -0.25) is 0 Å². The van der Waals surface area contributed by atoms with Crippen LogP contribution in [0.15, 0.2) is 0 Å². The first kappa shape index (κ1) is 18.9. The van der Waals surface area contributed by atoms with Crippen molar-refractivity contribution in [2.75, 3.05) is 25.9 Å². The molecule has 1 aliphatic rings. The minimum atomic E-state index is -4.29. The largest absolute Gasteiger partial charge is 0.389 e. The van der Waals surface area contributed by atoms with Gasteiger partial charge in [0.15, 0.2) is 0 Å². The normalized spacial score (nSPS) is 21.4. The lowest BCUT2D eigenvalue weighted by atomic mass is 10.2. The second-order valence-electron chi connectivity index (χ2n) is 4.50. The fraction of sp³-hybridized carbons (Fsp3) is 1.00. The van der Waals surface area contributed by atoms with Crippen LogP contribution in [0.2, 0.25) is 0 Å². The van der Waals surface area contributed by atoms with Crippen LogP contribution in [0.5, 0.6) is 0 Å². The summed E-state index contributed by atoms with van der Waals surface area (Å²) in [5, 5.41) is 2.91. The Balaban J connectivity index is 0.00000324. The lowest BCUT2D eigenvalue weighted by Crippen LogP contribution is -2.42. The number of nitrogens with zero attached hydrogens (tertiary/aromatic N) is 1. The number of halogens is 4. The van der Waals surface area contributed by atoms with Crippen molar-refractivity contribution in [3.63, 3.8) is 0 Å². The van der Waals surface area contributed by atoms with Crippen LogP contribution >= 0.6 is 12.4 Å². The molecule has 0 spiro atoms. The third-order valence-corrected chi connectivity index (χ3v) is 4.98. The number of rotatable bonds is 6. The highest BCUT2D eigenvalue weighted by Crippen LogP contribution is 2.24. The second-order valence-corrected chi connectivity index (χ2v) is 6.54.